The molecule has 44 heavy (non-hydrogen) atoms. The summed E-state index contributed by atoms with van der Waals surface area (Å²) in [5.74, 6) is 1.04. The van der Waals surface area contributed by atoms with E-state index in [1.54, 1.807) is 21.6 Å². The van der Waals surface area contributed by atoms with Crippen molar-refractivity contribution in [1.82, 2.24) is 10.6 Å². The first-order valence-electron chi connectivity index (χ1n) is 16.2. The highest BCUT2D eigenvalue weighted by atomic mass is 33.1. The van der Waals surface area contributed by atoms with Crippen LogP contribution in [0.5, 0.6) is 0 Å². The number of rotatable bonds is 25. The maximum atomic E-state index is 12.2. The molecule has 1 aromatic carbocycles. The highest BCUT2D eigenvalue weighted by Gasteiger charge is 2.20. The van der Waals surface area contributed by atoms with E-state index in [0.717, 1.165) is 63.5 Å². The number of nitrogens with one attached hydrogen (secondary N) is 2. The molecule has 2 amide bonds. The summed E-state index contributed by atoms with van der Waals surface area (Å²) in [5.41, 5.74) is 1.27. The van der Waals surface area contributed by atoms with Gasteiger partial charge < -0.3 is 10.6 Å². The molecule has 1 rings (SSSR count). The fraction of sp³-hybridized carbons (Fsp3) is 0.474. The van der Waals surface area contributed by atoms with Crippen molar-refractivity contribution in [3.8, 4) is 0 Å². The minimum atomic E-state index is -0.0697. The number of hydrogen-bond acceptors (Lipinski definition) is 4. The van der Waals surface area contributed by atoms with E-state index in [9.17, 15) is 9.59 Å². The highest BCUT2D eigenvalue weighted by Crippen LogP contribution is 2.34. The Morgan fingerprint density at radius 1 is 0.705 bits per heavy atom. The zero-order valence-electron chi connectivity index (χ0n) is 27.3. The number of carbonyl (C=O) groups excluding carboxylic acids is 2. The zero-order chi connectivity index (χ0) is 32.0. The smallest absolute Gasteiger partial charge is 0.220 e. The standard InChI is InChI=1S/C38H56N2O2S2/c1-4-5-6-7-8-9-10-11-12-13-14-15-16-17-18-19-20-21-25-30-36(41)39-32-33-43-44-38(2,3)34-40-37(42)31-26-29-35-27-23-22-24-28-35/h5-6,8-9,11-12,14-15,17-18,20-24,27-28H,4,7,10,13,16,19,25-26,29-34H2,1-3H3,(H,39,41)(H,40,42)/b6-5-,9-8-,12-11-,15-14-,18-17-,21-20-. The summed E-state index contributed by atoms with van der Waals surface area (Å²) >= 11 is 0. The molecule has 0 aliphatic rings. The highest BCUT2D eigenvalue weighted by molar-refractivity contribution is 8.77. The number of amides is 2. The third kappa shape index (κ3) is 25.8. The molecule has 0 heterocycles. The van der Waals surface area contributed by atoms with Gasteiger partial charge in [0.2, 0.25) is 11.8 Å². The molecule has 0 spiro atoms. The molecule has 0 aliphatic carbocycles. The Bertz CT molecular complexity index is 1060. The van der Waals surface area contributed by atoms with E-state index in [1.165, 1.54) is 5.56 Å². The predicted octanol–water partition coefficient (Wildman–Crippen LogP) is 9.88. The van der Waals surface area contributed by atoms with Crippen LogP contribution in [-0.2, 0) is 16.0 Å². The molecule has 0 fully saturated rings. The van der Waals surface area contributed by atoms with Crippen LogP contribution >= 0.6 is 21.6 Å². The summed E-state index contributed by atoms with van der Waals surface area (Å²) in [6.45, 7) is 7.72. The maximum absolute atomic E-state index is 12.2. The lowest BCUT2D eigenvalue weighted by molar-refractivity contribution is -0.121. The molecule has 0 aliphatic heterocycles. The number of aryl methyl sites for hydroxylation is 1. The molecule has 4 nitrogen and oxygen atoms in total. The van der Waals surface area contributed by atoms with Crippen molar-refractivity contribution < 1.29 is 9.59 Å². The maximum Gasteiger partial charge on any atom is 0.220 e. The lowest BCUT2D eigenvalue weighted by Crippen LogP contribution is -2.35. The topological polar surface area (TPSA) is 58.2 Å². The Labute approximate surface area is 276 Å². The van der Waals surface area contributed by atoms with E-state index in [1.807, 2.05) is 18.2 Å². The molecule has 0 saturated carbocycles. The molecule has 2 N–H and O–H groups in total. The Morgan fingerprint density at radius 2 is 1.23 bits per heavy atom. The molecule has 0 atom stereocenters. The lowest BCUT2D eigenvalue weighted by atomic mass is 10.1. The first kappa shape index (κ1) is 39.3. The molecular weight excluding hydrogens is 581 g/mol. The van der Waals surface area contributed by atoms with Crippen molar-refractivity contribution in [1.29, 1.82) is 0 Å². The van der Waals surface area contributed by atoms with Crippen LogP contribution in [0.2, 0.25) is 0 Å². The van der Waals surface area contributed by atoms with Gasteiger partial charge in [0.05, 0.1) is 0 Å². The Kier molecular flexibility index (Phi) is 24.9. The monoisotopic (exact) mass is 636 g/mol. The fourth-order valence-corrected chi connectivity index (χ4v) is 6.26. The molecule has 0 saturated heterocycles. The van der Waals surface area contributed by atoms with Crippen molar-refractivity contribution in [2.75, 3.05) is 18.8 Å². The second-order valence-corrected chi connectivity index (χ2v) is 14.2. The van der Waals surface area contributed by atoms with E-state index in [-0.39, 0.29) is 16.6 Å². The van der Waals surface area contributed by atoms with Crippen LogP contribution in [0.15, 0.2) is 103 Å². The molecular formula is C38H56N2O2S2. The van der Waals surface area contributed by atoms with E-state index in [2.05, 4.69) is 116 Å². The van der Waals surface area contributed by atoms with Gasteiger partial charge in [-0.1, -0.05) is 132 Å². The summed E-state index contributed by atoms with van der Waals surface area (Å²) in [6.07, 6.45) is 35.8. The van der Waals surface area contributed by atoms with Gasteiger partial charge >= 0.3 is 0 Å². The fourth-order valence-electron chi connectivity index (χ4n) is 3.90. The van der Waals surface area contributed by atoms with Crippen LogP contribution in [0.3, 0.4) is 0 Å². The van der Waals surface area contributed by atoms with Crippen molar-refractivity contribution in [3.63, 3.8) is 0 Å². The third-order valence-corrected chi connectivity index (χ3v) is 9.64. The molecule has 242 valence electrons. The van der Waals surface area contributed by atoms with Crippen LogP contribution in [0.1, 0.15) is 90.5 Å². The average Bonchev–Trinajstić information content (AvgIpc) is 3.01. The molecule has 0 bridgehead atoms. The summed E-state index contributed by atoms with van der Waals surface area (Å²) in [4.78, 5) is 24.3. The second-order valence-electron chi connectivity index (χ2n) is 11.1. The largest absolute Gasteiger partial charge is 0.355 e. The van der Waals surface area contributed by atoms with E-state index >= 15 is 0 Å². The number of benzene rings is 1. The van der Waals surface area contributed by atoms with E-state index in [4.69, 9.17) is 0 Å². The van der Waals surface area contributed by atoms with Gasteiger partial charge in [-0.05, 0) is 77.2 Å². The van der Waals surface area contributed by atoms with Gasteiger partial charge in [-0.3, -0.25) is 9.59 Å². The summed E-state index contributed by atoms with van der Waals surface area (Å²) < 4.78 is -0.0697. The van der Waals surface area contributed by atoms with Crippen LogP contribution in [-0.4, -0.2) is 35.4 Å². The molecule has 0 aromatic heterocycles. The molecule has 6 heteroatoms. The number of hydrogen-bond donors (Lipinski definition) is 2. The molecule has 0 unspecified atom stereocenters. The summed E-state index contributed by atoms with van der Waals surface area (Å²) in [7, 11) is 3.49. The Hall–Kier alpha value is -2.70. The molecule has 0 radical (unpaired) electrons. The quantitative estimate of drug-likeness (QED) is 0.0637. The van der Waals surface area contributed by atoms with Crippen LogP contribution in [0.25, 0.3) is 0 Å². The van der Waals surface area contributed by atoms with Gasteiger partial charge in [0, 0.05) is 36.4 Å². The van der Waals surface area contributed by atoms with Crippen molar-refractivity contribution in [3.05, 3.63) is 109 Å². The zero-order valence-corrected chi connectivity index (χ0v) is 29.0. The molecule has 1 aromatic rings. The van der Waals surface area contributed by atoms with E-state index in [0.29, 0.717) is 25.9 Å². The van der Waals surface area contributed by atoms with Gasteiger partial charge in [0.25, 0.3) is 0 Å². The van der Waals surface area contributed by atoms with E-state index < -0.39 is 0 Å². The first-order valence-corrected chi connectivity index (χ1v) is 18.5. The van der Waals surface area contributed by atoms with Crippen molar-refractivity contribution in [2.24, 2.45) is 0 Å². The van der Waals surface area contributed by atoms with Crippen molar-refractivity contribution in [2.45, 2.75) is 96.1 Å². The normalized spacial score (nSPS) is 12.6. The summed E-state index contributed by atoms with van der Waals surface area (Å²) in [5, 5.41) is 6.08. The van der Waals surface area contributed by atoms with Crippen LogP contribution in [0.4, 0.5) is 0 Å². The third-order valence-electron chi connectivity index (χ3n) is 6.35. The van der Waals surface area contributed by atoms with Crippen LogP contribution < -0.4 is 10.6 Å². The summed E-state index contributed by atoms with van der Waals surface area (Å²) in [6, 6.07) is 10.3. The predicted molar refractivity (Wildman–Crippen MR) is 197 cm³/mol. The number of allylic oxidation sites excluding steroid dienone is 12. The van der Waals surface area contributed by atoms with Gasteiger partial charge in [0.1, 0.15) is 0 Å². The Morgan fingerprint density at radius 3 is 1.80 bits per heavy atom. The first-order chi connectivity index (χ1) is 21.4. The van der Waals surface area contributed by atoms with Crippen molar-refractivity contribution >= 4 is 33.4 Å². The second kappa shape index (κ2) is 27.8. The minimum absolute atomic E-state index is 0.0697. The average molecular weight is 637 g/mol. The van der Waals surface area contributed by atoms with Gasteiger partial charge in [-0.15, -0.1) is 0 Å². The Balaban J connectivity index is 1.98. The number of carbonyl (C=O) groups is 2. The van der Waals surface area contributed by atoms with Crippen LogP contribution in [0, 0.1) is 0 Å². The SMILES string of the molecule is CC/C=C\C/C=C\C/C=C\C/C=C\C/C=C\C/C=C\CCC(=O)NCCSSC(C)(C)CNC(=O)CCCc1ccccc1. The minimum Gasteiger partial charge on any atom is -0.355 e. The van der Waals surface area contributed by atoms with Gasteiger partial charge in [0.15, 0.2) is 0 Å². The lowest BCUT2D eigenvalue weighted by Gasteiger charge is -2.23. The van der Waals surface area contributed by atoms with Gasteiger partial charge in [-0.2, -0.15) is 0 Å². The van der Waals surface area contributed by atoms with Gasteiger partial charge in [-0.25, -0.2) is 0 Å².